The molecule has 8 heteroatoms. The standard InChI is InChI=1S/C13H25N3O5/c1-5-16-6-10(19)11(20)12(21)13(7-16,14-8(2)17)15(4)9(3)18/h10-12,19-21H,5-7H2,1-4H3,(H,14,17)/t10-,11-,12+,13+/m1/s1. The van der Waals surface area contributed by atoms with Gasteiger partial charge >= 0.3 is 0 Å². The van der Waals surface area contributed by atoms with E-state index in [1.165, 1.54) is 25.8 Å². The maximum absolute atomic E-state index is 11.8. The molecule has 1 aliphatic rings. The molecule has 122 valence electrons. The fraction of sp³-hybridized carbons (Fsp3) is 0.846. The third kappa shape index (κ3) is 3.52. The molecule has 0 aromatic carbocycles. The molecule has 0 spiro atoms. The molecule has 1 saturated heterocycles. The van der Waals surface area contributed by atoms with Crippen molar-refractivity contribution in [3.63, 3.8) is 0 Å². The molecule has 8 nitrogen and oxygen atoms in total. The minimum Gasteiger partial charge on any atom is -0.389 e. The van der Waals surface area contributed by atoms with Gasteiger partial charge in [0.05, 0.1) is 6.10 Å². The van der Waals surface area contributed by atoms with Gasteiger partial charge in [0.2, 0.25) is 11.8 Å². The van der Waals surface area contributed by atoms with Crippen LogP contribution in [-0.2, 0) is 9.59 Å². The summed E-state index contributed by atoms with van der Waals surface area (Å²) in [5.74, 6) is -0.816. The first kappa shape index (κ1) is 17.8. The Morgan fingerprint density at radius 1 is 1.33 bits per heavy atom. The summed E-state index contributed by atoms with van der Waals surface area (Å²) in [7, 11) is 1.44. The van der Waals surface area contributed by atoms with Gasteiger partial charge in [0, 0.05) is 34.0 Å². The number of hydrogen-bond acceptors (Lipinski definition) is 6. The second-order valence-electron chi connectivity index (χ2n) is 5.51. The molecule has 2 amide bonds. The predicted molar refractivity (Wildman–Crippen MR) is 75.1 cm³/mol. The summed E-state index contributed by atoms with van der Waals surface area (Å²) in [5, 5.41) is 33.1. The van der Waals surface area contributed by atoms with Crippen LogP contribution in [0.15, 0.2) is 0 Å². The molecule has 1 fully saturated rings. The van der Waals surface area contributed by atoms with Crippen molar-refractivity contribution in [2.75, 3.05) is 26.7 Å². The molecule has 1 rings (SSSR count). The zero-order chi connectivity index (χ0) is 16.4. The van der Waals surface area contributed by atoms with Gasteiger partial charge in [0.15, 0.2) is 5.66 Å². The lowest BCUT2D eigenvalue weighted by Crippen LogP contribution is -2.72. The van der Waals surface area contributed by atoms with Crippen LogP contribution in [0.4, 0.5) is 0 Å². The van der Waals surface area contributed by atoms with Crippen LogP contribution in [0.1, 0.15) is 20.8 Å². The fourth-order valence-electron chi connectivity index (χ4n) is 2.69. The zero-order valence-corrected chi connectivity index (χ0v) is 12.9. The highest BCUT2D eigenvalue weighted by Gasteiger charge is 2.52. The molecule has 21 heavy (non-hydrogen) atoms. The van der Waals surface area contributed by atoms with E-state index in [0.717, 1.165) is 0 Å². The topological polar surface area (TPSA) is 113 Å². The second kappa shape index (κ2) is 6.69. The Morgan fingerprint density at radius 3 is 2.33 bits per heavy atom. The smallest absolute Gasteiger partial charge is 0.221 e. The van der Waals surface area contributed by atoms with Gasteiger partial charge in [-0.15, -0.1) is 0 Å². The quantitative estimate of drug-likeness (QED) is 0.437. The number of aliphatic hydroxyl groups excluding tert-OH is 3. The van der Waals surface area contributed by atoms with Gasteiger partial charge in [0.25, 0.3) is 0 Å². The lowest BCUT2D eigenvalue weighted by molar-refractivity contribution is -0.156. The Morgan fingerprint density at radius 2 is 1.90 bits per heavy atom. The van der Waals surface area contributed by atoms with Crippen molar-refractivity contribution in [3.8, 4) is 0 Å². The largest absolute Gasteiger partial charge is 0.389 e. The molecule has 4 atom stereocenters. The summed E-state index contributed by atoms with van der Waals surface area (Å²) in [4.78, 5) is 26.3. The second-order valence-corrected chi connectivity index (χ2v) is 5.51. The van der Waals surface area contributed by atoms with Gasteiger partial charge in [0.1, 0.15) is 12.2 Å². The zero-order valence-electron chi connectivity index (χ0n) is 12.9. The molecule has 4 N–H and O–H groups in total. The number of amides is 2. The lowest BCUT2D eigenvalue weighted by Gasteiger charge is -2.46. The molecule has 0 aromatic heterocycles. The third-order valence-electron chi connectivity index (χ3n) is 4.03. The number of nitrogens with one attached hydrogen (secondary N) is 1. The number of hydrogen-bond donors (Lipinski definition) is 4. The van der Waals surface area contributed by atoms with E-state index in [1.54, 1.807) is 4.90 Å². The van der Waals surface area contributed by atoms with Crippen LogP contribution in [0, 0.1) is 0 Å². The molecule has 1 aliphatic heterocycles. The van der Waals surface area contributed by atoms with E-state index in [1.807, 2.05) is 6.92 Å². The summed E-state index contributed by atoms with van der Waals surface area (Å²) < 4.78 is 0. The van der Waals surface area contributed by atoms with Crippen LogP contribution < -0.4 is 5.32 Å². The van der Waals surface area contributed by atoms with Gasteiger partial charge in [-0.2, -0.15) is 0 Å². The maximum atomic E-state index is 11.8. The van der Waals surface area contributed by atoms with Gasteiger partial charge in [-0.1, -0.05) is 6.92 Å². The number of β-amino-alcohol motifs (C(OH)–C–C–N with tert-alkyl or cyclic N) is 1. The number of aliphatic hydroxyl groups is 3. The molecule has 0 aliphatic carbocycles. The Hall–Kier alpha value is -1.22. The molecule has 1 heterocycles. The number of likely N-dealkylation sites (N-methyl/N-ethyl adjacent to an activating group) is 2. The molecule has 0 unspecified atom stereocenters. The van der Waals surface area contributed by atoms with E-state index < -0.39 is 29.9 Å². The third-order valence-corrected chi connectivity index (χ3v) is 4.03. The van der Waals surface area contributed by atoms with Crippen LogP contribution in [0.2, 0.25) is 0 Å². The van der Waals surface area contributed by atoms with Crippen molar-refractivity contribution in [1.29, 1.82) is 0 Å². The van der Waals surface area contributed by atoms with Crippen molar-refractivity contribution < 1.29 is 24.9 Å². The lowest BCUT2D eigenvalue weighted by atomic mass is 9.94. The first-order valence-corrected chi connectivity index (χ1v) is 6.95. The number of carbonyl (C=O) groups excluding carboxylic acids is 2. The summed E-state index contributed by atoms with van der Waals surface area (Å²) >= 11 is 0. The van der Waals surface area contributed by atoms with Crippen molar-refractivity contribution >= 4 is 11.8 Å². The normalized spacial score (nSPS) is 34.1. The average Bonchev–Trinajstić information content (AvgIpc) is 2.49. The van der Waals surface area contributed by atoms with Gasteiger partial charge in [-0.05, 0) is 6.54 Å². The number of nitrogens with zero attached hydrogens (tertiary/aromatic N) is 2. The highest BCUT2D eigenvalue weighted by molar-refractivity contribution is 5.77. The van der Waals surface area contributed by atoms with Gasteiger partial charge in [-0.25, -0.2) is 0 Å². The molecule has 0 radical (unpaired) electrons. The van der Waals surface area contributed by atoms with E-state index in [9.17, 15) is 24.9 Å². The predicted octanol–water partition coefficient (Wildman–Crippen LogP) is -2.28. The van der Waals surface area contributed by atoms with E-state index in [2.05, 4.69) is 5.32 Å². The van der Waals surface area contributed by atoms with Crippen molar-refractivity contribution in [2.45, 2.75) is 44.7 Å². The van der Waals surface area contributed by atoms with Crippen molar-refractivity contribution in [1.82, 2.24) is 15.1 Å². The Bertz CT molecular complexity index is 405. The Labute approximate surface area is 124 Å². The molecule has 0 bridgehead atoms. The summed E-state index contributed by atoms with van der Waals surface area (Å²) in [6.07, 6.45) is -4.16. The molecular formula is C13H25N3O5. The highest BCUT2D eigenvalue weighted by atomic mass is 16.4. The summed E-state index contributed by atoms with van der Waals surface area (Å²) in [6.45, 7) is 5.20. The minimum atomic E-state index is -1.51. The number of carbonyl (C=O) groups is 2. The summed E-state index contributed by atoms with van der Waals surface area (Å²) in [5.41, 5.74) is -1.50. The van der Waals surface area contributed by atoms with Crippen LogP contribution >= 0.6 is 0 Å². The van der Waals surface area contributed by atoms with Crippen LogP contribution in [-0.4, -0.2) is 87.6 Å². The minimum absolute atomic E-state index is 0.106. The van der Waals surface area contributed by atoms with Gasteiger partial charge < -0.3 is 25.5 Å². The van der Waals surface area contributed by atoms with Crippen LogP contribution in [0.3, 0.4) is 0 Å². The number of likely N-dealkylation sites (tertiary alicyclic amines) is 1. The molecular weight excluding hydrogens is 278 g/mol. The Kier molecular flexibility index (Phi) is 5.68. The van der Waals surface area contributed by atoms with Crippen molar-refractivity contribution in [3.05, 3.63) is 0 Å². The number of rotatable bonds is 3. The summed E-state index contributed by atoms with van der Waals surface area (Å²) in [6, 6.07) is 0. The molecule has 0 aromatic rings. The van der Waals surface area contributed by atoms with Crippen LogP contribution in [0.25, 0.3) is 0 Å². The van der Waals surface area contributed by atoms with E-state index in [4.69, 9.17) is 0 Å². The fourth-order valence-corrected chi connectivity index (χ4v) is 2.69. The first-order valence-electron chi connectivity index (χ1n) is 6.95. The average molecular weight is 303 g/mol. The highest BCUT2D eigenvalue weighted by Crippen LogP contribution is 2.25. The monoisotopic (exact) mass is 303 g/mol. The van der Waals surface area contributed by atoms with E-state index >= 15 is 0 Å². The van der Waals surface area contributed by atoms with Crippen molar-refractivity contribution in [2.24, 2.45) is 0 Å². The SMILES string of the molecule is CCN1C[C@@H](O)[C@@H](O)[C@H](O)[C@@](NC(C)=O)(N(C)C(C)=O)C1. The van der Waals surface area contributed by atoms with Crippen LogP contribution in [0.5, 0.6) is 0 Å². The van der Waals surface area contributed by atoms with E-state index in [0.29, 0.717) is 6.54 Å². The van der Waals surface area contributed by atoms with E-state index in [-0.39, 0.29) is 19.0 Å². The molecule has 0 saturated carbocycles. The maximum Gasteiger partial charge on any atom is 0.221 e. The first-order chi connectivity index (χ1) is 9.65. The Balaban J connectivity index is 3.33. The van der Waals surface area contributed by atoms with Gasteiger partial charge in [-0.3, -0.25) is 14.5 Å².